The fourth-order valence-corrected chi connectivity index (χ4v) is 3.82. The number of nitrogens with one attached hydrogen (secondary N) is 1. The number of tetrazole rings is 1. The molecule has 0 radical (unpaired) electrons. The van der Waals surface area contributed by atoms with E-state index in [1.165, 1.54) is 24.2 Å². The van der Waals surface area contributed by atoms with Crippen molar-refractivity contribution in [2.75, 3.05) is 6.54 Å². The molecule has 0 fully saturated rings. The van der Waals surface area contributed by atoms with Crippen molar-refractivity contribution in [3.63, 3.8) is 0 Å². The summed E-state index contributed by atoms with van der Waals surface area (Å²) in [5.41, 5.74) is 4.93. The molecule has 3 rings (SSSR count). The van der Waals surface area contributed by atoms with Crippen molar-refractivity contribution in [2.45, 2.75) is 44.5 Å². The molecule has 1 atom stereocenters. The van der Waals surface area contributed by atoms with Crippen LogP contribution in [0.4, 0.5) is 0 Å². The Labute approximate surface area is 180 Å². The number of aromatic nitrogens is 4. The van der Waals surface area contributed by atoms with Crippen molar-refractivity contribution in [2.24, 2.45) is 0 Å². The summed E-state index contributed by atoms with van der Waals surface area (Å²) in [4.78, 5) is 23.8. The van der Waals surface area contributed by atoms with Gasteiger partial charge in [-0.25, -0.2) is 0 Å². The quantitative estimate of drug-likeness (QED) is 0.442. The first-order valence-electron chi connectivity index (χ1n) is 9.75. The molecule has 1 amide bonds. The van der Waals surface area contributed by atoms with Gasteiger partial charge in [-0.3, -0.25) is 9.59 Å². The van der Waals surface area contributed by atoms with Crippen LogP contribution < -0.4 is 5.32 Å². The van der Waals surface area contributed by atoms with Gasteiger partial charge in [-0.1, -0.05) is 42.1 Å². The number of ketones is 1. The average Bonchev–Trinajstić information content (AvgIpc) is 3.18. The SMILES string of the molecule is CC(=O)NCCc1ccc(C(=O)[C@H](C)Sc2nnnn2-c2ccc(C)c(C)c2)cc1. The Morgan fingerprint density at radius 1 is 1.10 bits per heavy atom. The van der Waals surface area contributed by atoms with Crippen LogP contribution in [0.25, 0.3) is 5.69 Å². The number of carbonyl (C=O) groups is 2. The van der Waals surface area contributed by atoms with Gasteiger partial charge in [0.05, 0.1) is 10.9 Å². The normalized spacial score (nSPS) is 11.9. The second-order valence-corrected chi connectivity index (χ2v) is 8.50. The Hall–Kier alpha value is -3.00. The number of hydrogen-bond acceptors (Lipinski definition) is 6. The molecule has 8 heteroatoms. The van der Waals surface area contributed by atoms with E-state index in [-0.39, 0.29) is 16.9 Å². The molecule has 0 saturated carbocycles. The van der Waals surface area contributed by atoms with Gasteiger partial charge in [0, 0.05) is 19.0 Å². The van der Waals surface area contributed by atoms with Gasteiger partial charge in [0.15, 0.2) is 5.78 Å². The van der Waals surface area contributed by atoms with Gasteiger partial charge in [0.2, 0.25) is 11.1 Å². The second kappa shape index (κ2) is 9.67. The highest BCUT2D eigenvalue weighted by Gasteiger charge is 2.20. The zero-order valence-electron chi connectivity index (χ0n) is 17.5. The van der Waals surface area contributed by atoms with E-state index < -0.39 is 0 Å². The number of Topliss-reactive ketones (excluding diaryl/α,β-unsaturated/α-hetero) is 1. The molecular weight excluding hydrogens is 398 g/mol. The lowest BCUT2D eigenvalue weighted by Gasteiger charge is -2.11. The number of thioether (sulfide) groups is 1. The van der Waals surface area contributed by atoms with E-state index in [0.717, 1.165) is 23.2 Å². The van der Waals surface area contributed by atoms with Crippen molar-refractivity contribution in [1.29, 1.82) is 0 Å². The van der Waals surface area contributed by atoms with Gasteiger partial charge < -0.3 is 5.32 Å². The summed E-state index contributed by atoms with van der Waals surface area (Å²) >= 11 is 1.34. The number of rotatable bonds is 8. The van der Waals surface area contributed by atoms with E-state index in [1.807, 2.05) is 56.3 Å². The van der Waals surface area contributed by atoms with Crippen LogP contribution in [0, 0.1) is 13.8 Å². The standard InChI is InChI=1S/C22H25N5O2S/c1-14-5-10-20(13-15(14)2)27-22(24-25-26-27)30-16(3)21(29)19-8-6-18(7-9-19)11-12-23-17(4)28/h5-10,13,16H,11-12H2,1-4H3,(H,23,28)/t16-/m0/s1. The average molecular weight is 424 g/mol. The smallest absolute Gasteiger partial charge is 0.216 e. The molecule has 0 spiro atoms. The monoisotopic (exact) mass is 423 g/mol. The topological polar surface area (TPSA) is 89.8 Å². The molecule has 2 aromatic carbocycles. The van der Waals surface area contributed by atoms with Gasteiger partial charge in [-0.15, -0.1) is 5.10 Å². The summed E-state index contributed by atoms with van der Waals surface area (Å²) in [6, 6.07) is 13.5. The minimum absolute atomic E-state index is 0.0167. The minimum atomic E-state index is -0.341. The van der Waals surface area contributed by atoms with Gasteiger partial charge in [-0.05, 0) is 66.4 Å². The summed E-state index contributed by atoms with van der Waals surface area (Å²) < 4.78 is 1.66. The maximum absolute atomic E-state index is 12.9. The molecule has 1 aromatic heterocycles. The Morgan fingerprint density at radius 2 is 1.83 bits per heavy atom. The van der Waals surface area contributed by atoms with Crippen LogP contribution in [0.2, 0.25) is 0 Å². The van der Waals surface area contributed by atoms with Crippen molar-refractivity contribution < 1.29 is 9.59 Å². The van der Waals surface area contributed by atoms with Crippen molar-refractivity contribution >= 4 is 23.5 Å². The molecular formula is C22H25N5O2S. The molecule has 0 aliphatic heterocycles. The molecule has 1 heterocycles. The lowest BCUT2D eigenvalue weighted by molar-refractivity contribution is -0.118. The van der Waals surface area contributed by atoms with E-state index in [9.17, 15) is 9.59 Å². The molecule has 0 unspecified atom stereocenters. The maximum atomic E-state index is 12.9. The van der Waals surface area contributed by atoms with Crippen LogP contribution in [0.15, 0.2) is 47.6 Å². The third-order valence-corrected chi connectivity index (χ3v) is 5.89. The van der Waals surface area contributed by atoms with E-state index in [4.69, 9.17) is 0 Å². The highest BCUT2D eigenvalue weighted by Crippen LogP contribution is 2.26. The Bertz CT molecular complexity index is 1050. The molecule has 0 aliphatic rings. The zero-order chi connectivity index (χ0) is 21.7. The Morgan fingerprint density at radius 3 is 2.50 bits per heavy atom. The molecule has 1 N–H and O–H groups in total. The first-order valence-corrected chi connectivity index (χ1v) is 10.6. The largest absolute Gasteiger partial charge is 0.356 e. The van der Waals surface area contributed by atoms with Gasteiger partial charge in [0.1, 0.15) is 0 Å². The Balaban J connectivity index is 1.67. The summed E-state index contributed by atoms with van der Waals surface area (Å²) in [5, 5.41) is 15.0. The molecule has 3 aromatic rings. The van der Waals surface area contributed by atoms with Crippen molar-refractivity contribution in [1.82, 2.24) is 25.5 Å². The third kappa shape index (κ3) is 5.33. The van der Waals surface area contributed by atoms with Gasteiger partial charge >= 0.3 is 0 Å². The minimum Gasteiger partial charge on any atom is -0.356 e. The summed E-state index contributed by atoms with van der Waals surface area (Å²) in [7, 11) is 0. The lowest BCUT2D eigenvalue weighted by Crippen LogP contribution is -2.22. The van der Waals surface area contributed by atoms with Crippen LogP contribution in [-0.2, 0) is 11.2 Å². The highest BCUT2D eigenvalue weighted by atomic mass is 32.2. The number of aryl methyl sites for hydroxylation is 2. The molecule has 156 valence electrons. The number of amides is 1. The first kappa shape index (κ1) is 21.7. The molecule has 0 saturated heterocycles. The fourth-order valence-electron chi connectivity index (χ4n) is 2.94. The molecule has 7 nitrogen and oxygen atoms in total. The zero-order valence-corrected chi connectivity index (χ0v) is 18.4. The van der Waals surface area contributed by atoms with Gasteiger partial charge in [0.25, 0.3) is 0 Å². The van der Waals surface area contributed by atoms with E-state index >= 15 is 0 Å². The number of hydrogen-bond donors (Lipinski definition) is 1. The highest BCUT2D eigenvalue weighted by molar-refractivity contribution is 8.00. The molecule has 0 bridgehead atoms. The summed E-state index contributed by atoms with van der Waals surface area (Å²) in [6.45, 7) is 8.03. The molecule has 30 heavy (non-hydrogen) atoms. The summed E-state index contributed by atoms with van der Waals surface area (Å²) in [6.07, 6.45) is 0.725. The van der Waals surface area contributed by atoms with Crippen LogP contribution in [0.5, 0.6) is 0 Å². The van der Waals surface area contributed by atoms with Crippen LogP contribution in [0.1, 0.15) is 40.9 Å². The predicted molar refractivity (Wildman–Crippen MR) is 117 cm³/mol. The number of nitrogens with zero attached hydrogens (tertiary/aromatic N) is 4. The fraction of sp³-hybridized carbons (Fsp3) is 0.318. The number of carbonyl (C=O) groups excluding carboxylic acids is 2. The summed E-state index contributed by atoms with van der Waals surface area (Å²) in [5.74, 6) is -0.0289. The Kier molecular flexibility index (Phi) is 6.99. The second-order valence-electron chi connectivity index (χ2n) is 7.20. The van der Waals surface area contributed by atoms with Crippen molar-refractivity contribution in [3.8, 4) is 5.69 Å². The number of benzene rings is 2. The van der Waals surface area contributed by atoms with Crippen LogP contribution >= 0.6 is 11.8 Å². The van der Waals surface area contributed by atoms with E-state index in [0.29, 0.717) is 17.3 Å². The van der Waals surface area contributed by atoms with E-state index in [1.54, 1.807) is 4.68 Å². The van der Waals surface area contributed by atoms with Crippen LogP contribution in [-0.4, -0.2) is 43.7 Å². The lowest BCUT2D eigenvalue weighted by atomic mass is 10.0. The third-order valence-electron chi connectivity index (χ3n) is 4.85. The van der Waals surface area contributed by atoms with Crippen molar-refractivity contribution in [3.05, 3.63) is 64.7 Å². The molecule has 0 aliphatic carbocycles. The van der Waals surface area contributed by atoms with Crippen LogP contribution in [0.3, 0.4) is 0 Å². The first-order chi connectivity index (χ1) is 14.3. The van der Waals surface area contributed by atoms with E-state index in [2.05, 4.69) is 27.8 Å². The van der Waals surface area contributed by atoms with Gasteiger partial charge in [-0.2, -0.15) is 4.68 Å². The predicted octanol–water partition coefficient (Wildman–Crippen LogP) is 3.32. The maximum Gasteiger partial charge on any atom is 0.216 e.